The minimum absolute atomic E-state index is 0.169. The molecule has 0 aromatic heterocycles. The Kier molecular flexibility index (Phi) is 2.08. The zero-order valence-electron chi connectivity index (χ0n) is 9.80. The number of nitrogens with zero attached hydrogens (tertiary/aromatic N) is 1. The maximum absolute atomic E-state index is 12.5. The Bertz CT molecular complexity index is 580. The van der Waals surface area contributed by atoms with Crippen molar-refractivity contribution in [2.45, 2.75) is 18.9 Å². The summed E-state index contributed by atoms with van der Waals surface area (Å²) in [7, 11) is 0. The van der Waals surface area contributed by atoms with Gasteiger partial charge >= 0.3 is 5.97 Å². The van der Waals surface area contributed by atoms with Gasteiger partial charge in [-0.15, -0.1) is 0 Å². The summed E-state index contributed by atoms with van der Waals surface area (Å²) in [6.45, 7) is 1.52. The Morgan fingerprint density at radius 1 is 1.33 bits per heavy atom. The third kappa shape index (κ3) is 1.08. The van der Waals surface area contributed by atoms with Gasteiger partial charge in [-0.3, -0.25) is 14.5 Å². The summed E-state index contributed by atoms with van der Waals surface area (Å²) >= 11 is 0. The summed E-state index contributed by atoms with van der Waals surface area (Å²) < 4.78 is 4.92. The average Bonchev–Trinajstić information content (AvgIpc) is 2.83. The summed E-state index contributed by atoms with van der Waals surface area (Å²) in [5.74, 6) is -1.29. The first-order valence-corrected chi connectivity index (χ1v) is 5.71. The van der Waals surface area contributed by atoms with E-state index >= 15 is 0 Å². The van der Waals surface area contributed by atoms with E-state index in [1.807, 2.05) is 0 Å². The molecule has 1 atom stereocenters. The molecule has 1 saturated heterocycles. The lowest BCUT2D eigenvalue weighted by Crippen LogP contribution is -2.56. The molecule has 0 aliphatic carbocycles. The monoisotopic (exact) mass is 245 g/mol. The third-order valence-corrected chi connectivity index (χ3v) is 3.50. The molecule has 2 aliphatic heterocycles. The van der Waals surface area contributed by atoms with Gasteiger partial charge in [0.25, 0.3) is 0 Å². The van der Waals surface area contributed by atoms with E-state index in [0.29, 0.717) is 11.3 Å². The molecule has 3 rings (SSSR count). The number of rotatable bonds is 0. The predicted octanol–water partition coefficient (Wildman–Crippen LogP) is 0.921. The zero-order valence-corrected chi connectivity index (χ0v) is 9.80. The molecule has 5 heteroatoms. The van der Waals surface area contributed by atoms with Crippen LogP contribution in [0.3, 0.4) is 0 Å². The molecule has 0 saturated carbocycles. The van der Waals surface area contributed by atoms with Crippen molar-refractivity contribution < 1.29 is 19.1 Å². The fourth-order valence-electron chi connectivity index (χ4n) is 2.75. The van der Waals surface area contributed by atoms with Crippen LogP contribution in [0.4, 0.5) is 5.69 Å². The van der Waals surface area contributed by atoms with Crippen molar-refractivity contribution in [2.24, 2.45) is 0 Å². The number of Topliss-reactive ketones (excluding diaryl/α,β-unsaturated/α-hetero) is 1. The number of cyclic esters (lactones) is 1. The van der Waals surface area contributed by atoms with Crippen LogP contribution >= 0.6 is 0 Å². The molecular weight excluding hydrogens is 234 g/mol. The van der Waals surface area contributed by atoms with Crippen LogP contribution in [0.5, 0.6) is 0 Å². The van der Waals surface area contributed by atoms with E-state index in [1.54, 1.807) is 24.3 Å². The second kappa shape index (κ2) is 3.41. The molecule has 2 heterocycles. The van der Waals surface area contributed by atoms with Gasteiger partial charge in [-0.2, -0.15) is 0 Å². The number of ether oxygens (including phenoxy) is 1. The quantitative estimate of drug-likeness (QED) is 0.503. The molecular formula is C13H11NO4. The van der Waals surface area contributed by atoms with E-state index in [9.17, 15) is 14.4 Å². The van der Waals surface area contributed by atoms with Crippen molar-refractivity contribution in [3.63, 3.8) is 0 Å². The van der Waals surface area contributed by atoms with Crippen LogP contribution in [0.1, 0.15) is 23.7 Å². The molecule has 2 aliphatic rings. The van der Waals surface area contributed by atoms with Crippen LogP contribution in [0, 0.1) is 0 Å². The molecule has 1 unspecified atom stereocenters. The zero-order chi connectivity index (χ0) is 12.9. The van der Waals surface area contributed by atoms with Gasteiger partial charge in [-0.1, -0.05) is 12.1 Å². The van der Waals surface area contributed by atoms with Gasteiger partial charge in [0.15, 0.2) is 0 Å². The van der Waals surface area contributed by atoms with Crippen LogP contribution in [-0.2, 0) is 14.3 Å². The molecule has 0 bridgehead atoms. The summed E-state index contributed by atoms with van der Waals surface area (Å²) in [5.41, 5.74) is -0.560. The van der Waals surface area contributed by atoms with Crippen LogP contribution < -0.4 is 4.90 Å². The van der Waals surface area contributed by atoms with Gasteiger partial charge in [0, 0.05) is 18.9 Å². The van der Waals surface area contributed by atoms with E-state index in [0.717, 1.165) is 0 Å². The van der Waals surface area contributed by atoms with Crippen LogP contribution in [-0.4, -0.2) is 29.8 Å². The third-order valence-electron chi connectivity index (χ3n) is 3.50. The molecule has 5 nitrogen and oxygen atoms in total. The highest BCUT2D eigenvalue weighted by molar-refractivity contribution is 6.30. The van der Waals surface area contributed by atoms with Crippen molar-refractivity contribution in [3.05, 3.63) is 29.8 Å². The Balaban J connectivity index is 2.27. The van der Waals surface area contributed by atoms with Crippen LogP contribution in [0.2, 0.25) is 0 Å². The molecule has 0 radical (unpaired) electrons. The first kappa shape index (κ1) is 11.0. The number of carbonyl (C=O) groups is 3. The molecule has 92 valence electrons. The van der Waals surface area contributed by atoms with Gasteiger partial charge in [-0.25, -0.2) is 4.79 Å². The highest BCUT2D eigenvalue weighted by Crippen LogP contribution is 2.43. The molecule has 1 fully saturated rings. The maximum Gasteiger partial charge on any atom is 0.340 e. The molecule has 18 heavy (non-hydrogen) atoms. The van der Waals surface area contributed by atoms with E-state index in [1.165, 1.54) is 11.8 Å². The van der Waals surface area contributed by atoms with Crippen molar-refractivity contribution in [3.8, 4) is 0 Å². The van der Waals surface area contributed by atoms with E-state index in [2.05, 4.69) is 0 Å². The van der Waals surface area contributed by atoms with Crippen LogP contribution in [0.15, 0.2) is 24.3 Å². The Hall–Kier alpha value is -2.17. The number of fused-ring (bicyclic) bond motifs is 1. The predicted molar refractivity (Wildman–Crippen MR) is 62.2 cm³/mol. The SMILES string of the molecule is CC(=O)N1c2ccccc2C(=O)C12CCOC2=O. The smallest absolute Gasteiger partial charge is 0.340 e. The van der Waals surface area contributed by atoms with E-state index in [4.69, 9.17) is 4.74 Å². The number of para-hydroxylation sites is 1. The molecule has 1 aromatic carbocycles. The topological polar surface area (TPSA) is 63.7 Å². The summed E-state index contributed by atoms with van der Waals surface area (Å²) in [6.07, 6.45) is 0.221. The van der Waals surface area contributed by atoms with Gasteiger partial charge in [-0.05, 0) is 12.1 Å². The second-order valence-electron chi connectivity index (χ2n) is 4.45. The lowest BCUT2D eigenvalue weighted by atomic mass is 9.91. The number of hydrogen-bond acceptors (Lipinski definition) is 4. The van der Waals surface area contributed by atoms with Gasteiger partial charge in [0.05, 0.1) is 12.3 Å². The van der Waals surface area contributed by atoms with E-state index in [-0.39, 0.29) is 24.7 Å². The summed E-state index contributed by atoms with van der Waals surface area (Å²) in [4.78, 5) is 37.5. The van der Waals surface area contributed by atoms with Crippen LogP contribution in [0.25, 0.3) is 0 Å². The fourth-order valence-corrected chi connectivity index (χ4v) is 2.75. The average molecular weight is 245 g/mol. The maximum atomic E-state index is 12.5. The molecule has 1 amide bonds. The minimum Gasteiger partial charge on any atom is -0.463 e. The highest BCUT2D eigenvalue weighted by atomic mass is 16.5. The molecule has 1 spiro atoms. The number of benzene rings is 1. The van der Waals surface area contributed by atoms with E-state index < -0.39 is 11.5 Å². The lowest BCUT2D eigenvalue weighted by molar-refractivity contribution is -0.142. The number of hydrogen-bond donors (Lipinski definition) is 0. The number of esters is 1. The fraction of sp³-hybridized carbons (Fsp3) is 0.308. The minimum atomic E-state index is -1.46. The van der Waals surface area contributed by atoms with Gasteiger partial charge in [0.2, 0.25) is 17.2 Å². The Labute approximate surface area is 103 Å². The number of anilines is 1. The number of carbonyl (C=O) groups excluding carboxylic acids is 3. The van der Waals surface area contributed by atoms with Crippen molar-refractivity contribution >= 4 is 23.3 Å². The normalized spacial score (nSPS) is 25.5. The van der Waals surface area contributed by atoms with Crippen molar-refractivity contribution in [1.82, 2.24) is 0 Å². The van der Waals surface area contributed by atoms with Crippen molar-refractivity contribution in [2.75, 3.05) is 11.5 Å². The first-order chi connectivity index (χ1) is 8.59. The lowest BCUT2D eigenvalue weighted by Gasteiger charge is -2.28. The Morgan fingerprint density at radius 3 is 2.67 bits per heavy atom. The summed E-state index contributed by atoms with van der Waals surface area (Å²) in [6, 6.07) is 6.76. The largest absolute Gasteiger partial charge is 0.463 e. The van der Waals surface area contributed by atoms with Gasteiger partial charge in [0.1, 0.15) is 0 Å². The van der Waals surface area contributed by atoms with Gasteiger partial charge < -0.3 is 4.74 Å². The first-order valence-electron chi connectivity index (χ1n) is 5.71. The van der Waals surface area contributed by atoms with Crippen molar-refractivity contribution in [1.29, 1.82) is 0 Å². The second-order valence-corrected chi connectivity index (χ2v) is 4.45. The Morgan fingerprint density at radius 2 is 2.06 bits per heavy atom. The highest BCUT2D eigenvalue weighted by Gasteiger charge is 2.61. The number of amides is 1. The molecule has 1 aromatic rings. The number of ketones is 1. The standard InChI is InChI=1S/C13H11NO4/c1-8(15)14-10-5-3-2-4-9(10)11(16)13(14)6-7-18-12(13)17/h2-5H,6-7H2,1H3. The molecule has 0 N–H and O–H groups in total. The summed E-state index contributed by atoms with van der Waals surface area (Å²) in [5, 5.41) is 0.